The molecule has 230 valence electrons. The number of furan rings is 1. The highest BCUT2D eigenvalue weighted by molar-refractivity contribution is 9.10. The molecule has 1 amide bonds. The van der Waals surface area contributed by atoms with E-state index >= 15 is 0 Å². The molecule has 0 atom stereocenters. The third-order valence-electron chi connectivity index (χ3n) is 6.78. The summed E-state index contributed by atoms with van der Waals surface area (Å²) in [6, 6.07) is 25.2. The summed E-state index contributed by atoms with van der Waals surface area (Å²) in [6.45, 7) is 4.33. The zero-order valence-corrected chi connectivity index (χ0v) is 26.2. The molecule has 3 aromatic carbocycles. The van der Waals surface area contributed by atoms with Gasteiger partial charge in [0, 0.05) is 33.2 Å². The van der Waals surface area contributed by atoms with E-state index in [-0.39, 0.29) is 36.2 Å². The molecule has 0 aliphatic carbocycles. The van der Waals surface area contributed by atoms with Gasteiger partial charge >= 0.3 is 11.6 Å². The second kappa shape index (κ2) is 14.0. The quantitative estimate of drug-likeness (QED) is 0.0837. The number of halogens is 1. The molecule has 0 fully saturated rings. The van der Waals surface area contributed by atoms with E-state index in [9.17, 15) is 14.9 Å². The normalized spacial score (nSPS) is 11.0. The maximum atomic E-state index is 12.6. The van der Waals surface area contributed by atoms with Gasteiger partial charge in [-0.05, 0) is 86.1 Å². The summed E-state index contributed by atoms with van der Waals surface area (Å²) in [5, 5.41) is 15.8. The minimum absolute atomic E-state index is 0.0148. The van der Waals surface area contributed by atoms with Gasteiger partial charge in [-0.15, -0.1) is 0 Å². The third kappa shape index (κ3) is 7.60. The first-order valence-corrected chi connectivity index (χ1v) is 14.5. The van der Waals surface area contributed by atoms with Crippen LogP contribution in [0.1, 0.15) is 38.8 Å². The summed E-state index contributed by atoms with van der Waals surface area (Å²) in [7, 11) is 1.38. The lowest BCUT2D eigenvalue weighted by atomic mass is 10.1. The van der Waals surface area contributed by atoms with Crippen molar-refractivity contribution < 1.29 is 28.3 Å². The monoisotopic (exact) mass is 672 g/mol. The summed E-state index contributed by atoms with van der Waals surface area (Å²) >= 11 is 3.37. The topological polar surface area (TPSA) is 130 Å². The number of hydrazone groups is 1. The van der Waals surface area contributed by atoms with Crippen molar-refractivity contribution in [2.45, 2.75) is 27.1 Å². The highest BCUT2D eigenvalue weighted by Crippen LogP contribution is 2.38. The number of aromatic nitrogens is 1. The lowest BCUT2D eigenvalue weighted by Crippen LogP contribution is -2.16. The van der Waals surface area contributed by atoms with Crippen LogP contribution in [0.25, 0.3) is 5.69 Å². The third-order valence-corrected chi connectivity index (χ3v) is 7.31. The summed E-state index contributed by atoms with van der Waals surface area (Å²) < 4.78 is 25.6. The van der Waals surface area contributed by atoms with Crippen LogP contribution in [0.15, 0.2) is 98.9 Å². The number of nitrogens with one attached hydrogen (secondary N) is 1. The highest BCUT2D eigenvalue weighted by atomic mass is 79.9. The lowest BCUT2D eigenvalue weighted by Gasteiger charge is -2.12. The number of hydrogen-bond donors (Lipinski definition) is 1. The van der Waals surface area contributed by atoms with Crippen LogP contribution in [0.4, 0.5) is 5.69 Å². The fourth-order valence-electron chi connectivity index (χ4n) is 4.57. The minimum atomic E-state index is -0.602. The standard InChI is InChI=1S/C33H29BrN4O7/c1-21-4-5-22(2)37(21)26-10-12-27(13-11-26)43-20-28-14-15-30(45-28)33(39)36-35-18-24-16-29(38(40)41)32(31(17-24)42-3)44-19-23-6-8-25(34)9-7-23/h4-18H,19-20H2,1-3H3,(H,36,39)/b35-18+. The van der Waals surface area contributed by atoms with Gasteiger partial charge in [0.1, 0.15) is 24.7 Å². The predicted molar refractivity (Wildman–Crippen MR) is 171 cm³/mol. The van der Waals surface area contributed by atoms with Crippen LogP contribution in [0.5, 0.6) is 17.2 Å². The zero-order valence-electron chi connectivity index (χ0n) is 24.7. The molecule has 5 aromatic rings. The number of nitro benzene ring substituents is 1. The number of nitro groups is 1. The van der Waals surface area contributed by atoms with Gasteiger partial charge in [0.25, 0.3) is 0 Å². The summed E-state index contributed by atoms with van der Waals surface area (Å²) in [5.74, 6) is 0.662. The Balaban J connectivity index is 1.18. The Hall–Kier alpha value is -5.36. The molecule has 45 heavy (non-hydrogen) atoms. The lowest BCUT2D eigenvalue weighted by molar-refractivity contribution is -0.386. The first kappa shape index (κ1) is 31.1. The van der Waals surface area contributed by atoms with Gasteiger partial charge in [-0.1, -0.05) is 28.1 Å². The Morgan fingerprint density at radius 2 is 1.69 bits per heavy atom. The minimum Gasteiger partial charge on any atom is -0.493 e. The van der Waals surface area contributed by atoms with Crippen LogP contribution in [0, 0.1) is 24.0 Å². The second-order valence-corrected chi connectivity index (χ2v) is 10.9. The van der Waals surface area contributed by atoms with Crippen molar-refractivity contribution in [2.75, 3.05) is 7.11 Å². The van der Waals surface area contributed by atoms with Crippen LogP contribution in [0.2, 0.25) is 0 Å². The number of ether oxygens (including phenoxy) is 3. The summed E-state index contributed by atoms with van der Waals surface area (Å²) in [5.41, 5.74) is 6.52. The Morgan fingerprint density at radius 1 is 0.978 bits per heavy atom. The fourth-order valence-corrected chi connectivity index (χ4v) is 4.84. The number of nitrogens with zero attached hydrogens (tertiary/aromatic N) is 3. The van der Waals surface area contributed by atoms with Gasteiger partial charge in [-0.3, -0.25) is 14.9 Å². The number of carbonyl (C=O) groups is 1. The van der Waals surface area contributed by atoms with Crippen molar-refractivity contribution in [3.05, 3.63) is 134 Å². The molecule has 11 nitrogen and oxygen atoms in total. The van der Waals surface area contributed by atoms with Crippen molar-refractivity contribution in [1.29, 1.82) is 0 Å². The first-order valence-electron chi connectivity index (χ1n) is 13.8. The van der Waals surface area contributed by atoms with E-state index in [4.69, 9.17) is 18.6 Å². The van der Waals surface area contributed by atoms with Crippen molar-refractivity contribution in [3.8, 4) is 22.9 Å². The predicted octanol–water partition coefficient (Wildman–Crippen LogP) is 7.29. The second-order valence-electron chi connectivity index (χ2n) is 9.94. The fraction of sp³-hybridized carbons (Fsp3) is 0.152. The van der Waals surface area contributed by atoms with Crippen molar-refractivity contribution in [1.82, 2.24) is 9.99 Å². The van der Waals surface area contributed by atoms with E-state index in [1.807, 2.05) is 48.5 Å². The molecule has 0 unspecified atom stereocenters. The highest BCUT2D eigenvalue weighted by Gasteiger charge is 2.22. The molecular weight excluding hydrogens is 644 g/mol. The van der Waals surface area contributed by atoms with E-state index < -0.39 is 10.8 Å². The van der Waals surface area contributed by atoms with Gasteiger partial charge in [0.05, 0.1) is 18.2 Å². The van der Waals surface area contributed by atoms with Crippen molar-refractivity contribution in [3.63, 3.8) is 0 Å². The number of hydrogen-bond acceptors (Lipinski definition) is 8. The summed E-state index contributed by atoms with van der Waals surface area (Å²) in [4.78, 5) is 23.9. The Labute approximate surface area is 267 Å². The average Bonchev–Trinajstić information content (AvgIpc) is 3.65. The van der Waals surface area contributed by atoms with E-state index in [2.05, 4.69) is 57.0 Å². The van der Waals surface area contributed by atoms with Crippen molar-refractivity contribution >= 4 is 33.7 Å². The van der Waals surface area contributed by atoms with Crippen molar-refractivity contribution in [2.24, 2.45) is 5.10 Å². The van der Waals surface area contributed by atoms with Crippen LogP contribution in [-0.2, 0) is 13.2 Å². The smallest absolute Gasteiger partial charge is 0.315 e. The van der Waals surface area contributed by atoms with Gasteiger partial charge < -0.3 is 23.2 Å². The van der Waals surface area contributed by atoms with E-state index in [1.165, 1.54) is 31.5 Å². The molecule has 0 aliphatic heterocycles. The maximum absolute atomic E-state index is 12.6. The average molecular weight is 674 g/mol. The Morgan fingerprint density at radius 3 is 2.36 bits per heavy atom. The van der Waals surface area contributed by atoms with E-state index in [0.29, 0.717) is 17.1 Å². The number of rotatable bonds is 12. The molecule has 12 heteroatoms. The molecule has 0 saturated carbocycles. The molecular formula is C33H29BrN4O7. The molecule has 0 spiro atoms. The largest absolute Gasteiger partial charge is 0.493 e. The zero-order chi connectivity index (χ0) is 31.9. The molecule has 2 aromatic heterocycles. The first-order chi connectivity index (χ1) is 21.7. The van der Waals surface area contributed by atoms with Crippen LogP contribution in [-0.4, -0.2) is 28.7 Å². The number of benzene rings is 3. The van der Waals surface area contributed by atoms with Crippen LogP contribution < -0.4 is 19.6 Å². The number of carbonyl (C=O) groups excluding carboxylic acids is 1. The molecule has 1 N–H and O–H groups in total. The van der Waals surface area contributed by atoms with E-state index in [1.54, 1.807) is 6.07 Å². The molecule has 0 aliphatic rings. The van der Waals surface area contributed by atoms with Gasteiger partial charge in [-0.2, -0.15) is 5.10 Å². The molecule has 0 radical (unpaired) electrons. The molecule has 5 rings (SSSR count). The van der Waals surface area contributed by atoms with Gasteiger partial charge in [-0.25, -0.2) is 5.43 Å². The summed E-state index contributed by atoms with van der Waals surface area (Å²) in [6.07, 6.45) is 1.26. The van der Waals surface area contributed by atoms with Gasteiger partial charge in [0.15, 0.2) is 11.5 Å². The molecule has 0 bridgehead atoms. The number of methoxy groups -OCH3 is 1. The molecule has 2 heterocycles. The van der Waals surface area contributed by atoms with Gasteiger partial charge in [0.2, 0.25) is 5.75 Å². The van der Waals surface area contributed by atoms with Crippen LogP contribution in [0.3, 0.4) is 0 Å². The number of aryl methyl sites for hydroxylation is 2. The Kier molecular flexibility index (Phi) is 9.64. The van der Waals surface area contributed by atoms with Crippen LogP contribution >= 0.6 is 15.9 Å². The maximum Gasteiger partial charge on any atom is 0.315 e. The number of amides is 1. The van der Waals surface area contributed by atoms with E-state index in [0.717, 1.165) is 27.1 Å². The molecule has 0 saturated heterocycles. The Bertz CT molecular complexity index is 1820. The SMILES string of the molecule is COc1cc(/C=N/NC(=O)c2ccc(COc3ccc(-n4c(C)ccc4C)cc3)o2)cc([N+](=O)[O-])c1OCc1ccc(Br)cc1.